The fourth-order valence-corrected chi connectivity index (χ4v) is 4.62. The normalized spacial score (nSPS) is 17.4. The zero-order valence-electron chi connectivity index (χ0n) is 19.5. The number of imidazole rings is 1. The summed E-state index contributed by atoms with van der Waals surface area (Å²) in [5.74, 6) is 1.40. The van der Waals surface area contributed by atoms with Gasteiger partial charge < -0.3 is 15.1 Å². The van der Waals surface area contributed by atoms with Crippen LogP contribution in [0.4, 0.5) is 11.6 Å². The first-order chi connectivity index (χ1) is 16.1. The second-order valence-electron chi connectivity index (χ2n) is 8.96. The quantitative estimate of drug-likeness (QED) is 0.455. The van der Waals surface area contributed by atoms with E-state index in [0.717, 1.165) is 23.4 Å². The van der Waals surface area contributed by atoms with E-state index in [0.29, 0.717) is 12.0 Å². The van der Waals surface area contributed by atoms with Crippen LogP contribution in [0.5, 0.6) is 0 Å². The number of hydrogen-bond donors (Lipinski definition) is 1. The molecule has 1 N–H and O–H groups in total. The number of likely N-dealkylation sites (tertiary alicyclic amines) is 1. The molecule has 0 bridgehead atoms. The van der Waals surface area contributed by atoms with Gasteiger partial charge in [-0.3, -0.25) is 4.57 Å². The lowest BCUT2D eigenvalue weighted by Crippen LogP contribution is -2.36. The van der Waals surface area contributed by atoms with Gasteiger partial charge in [0.2, 0.25) is 5.95 Å². The van der Waals surface area contributed by atoms with Crippen molar-refractivity contribution in [2.75, 3.05) is 37.4 Å². The maximum atomic E-state index is 4.75. The number of fused-ring (bicyclic) bond motifs is 1. The summed E-state index contributed by atoms with van der Waals surface area (Å²) in [5.41, 5.74) is 4.38. The molecule has 0 spiro atoms. The molecule has 0 radical (unpaired) electrons. The van der Waals surface area contributed by atoms with Crippen LogP contribution in [0.15, 0.2) is 67.1 Å². The van der Waals surface area contributed by atoms with Crippen LogP contribution in [0.1, 0.15) is 31.4 Å². The Kier molecular flexibility index (Phi) is 5.96. The Morgan fingerprint density at radius 3 is 2.76 bits per heavy atom. The van der Waals surface area contributed by atoms with Gasteiger partial charge in [-0.05, 0) is 63.2 Å². The molecule has 5 rings (SSSR count). The van der Waals surface area contributed by atoms with E-state index >= 15 is 0 Å². The molecule has 0 saturated carbocycles. The highest BCUT2D eigenvalue weighted by Gasteiger charge is 2.22. The second kappa shape index (κ2) is 9.19. The molecular weight excluding hydrogens is 410 g/mol. The van der Waals surface area contributed by atoms with Crippen LogP contribution < -0.4 is 10.2 Å². The molecule has 1 aliphatic rings. The Hall–Kier alpha value is -3.45. The van der Waals surface area contributed by atoms with Gasteiger partial charge in [-0.25, -0.2) is 9.97 Å². The first-order valence-corrected chi connectivity index (χ1v) is 11.6. The van der Waals surface area contributed by atoms with Crippen LogP contribution in [-0.2, 0) is 0 Å². The van der Waals surface area contributed by atoms with Gasteiger partial charge in [0, 0.05) is 31.5 Å². The van der Waals surface area contributed by atoms with Crippen molar-refractivity contribution in [1.82, 2.24) is 24.4 Å². The molecule has 1 fully saturated rings. The minimum absolute atomic E-state index is 0.109. The summed E-state index contributed by atoms with van der Waals surface area (Å²) in [6.45, 7) is 4.34. The molecule has 3 heterocycles. The number of anilines is 2. The van der Waals surface area contributed by atoms with Crippen molar-refractivity contribution in [2.24, 2.45) is 0 Å². The maximum absolute atomic E-state index is 4.75. The van der Waals surface area contributed by atoms with E-state index < -0.39 is 0 Å². The third kappa shape index (κ3) is 4.54. The molecule has 33 heavy (non-hydrogen) atoms. The molecule has 1 aliphatic heterocycles. The van der Waals surface area contributed by atoms with E-state index in [1.54, 1.807) is 6.20 Å². The number of nitrogens with one attached hydrogen (secondary N) is 1. The number of likely N-dealkylation sites (N-methyl/N-ethyl adjacent to an activating group) is 2. The maximum Gasteiger partial charge on any atom is 0.225 e. The average molecular weight is 442 g/mol. The Balaban J connectivity index is 1.35. The summed E-state index contributed by atoms with van der Waals surface area (Å²) in [6.07, 6.45) is 6.18. The van der Waals surface area contributed by atoms with Crippen LogP contribution in [-0.4, -0.2) is 57.6 Å². The van der Waals surface area contributed by atoms with Crippen molar-refractivity contribution in [3.63, 3.8) is 0 Å². The summed E-state index contributed by atoms with van der Waals surface area (Å²) in [4.78, 5) is 18.6. The van der Waals surface area contributed by atoms with Crippen molar-refractivity contribution < 1.29 is 0 Å². The lowest BCUT2D eigenvalue weighted by atomic mass is 10.1. The van der Waals surface area contributed by atoms with E-state index in [1.165, 1.54) is 30.6 Å². The van der Waals surface area contributed by atoms with Gasteiger partial charge in [0.05, 0.1) is 17.1 Å². The Labute approximate surface area is 195 Å². The minimum Gasteiger partial charge on any atom is -0.373 e. The number of hydrogen-bond acceptors (Lipinski definition) is 6. The van der Waals surface area contributed by atoms with E-state index in [-0.39, 0.29) is 6.04 Å². The number of rotatable bonds is 7. The predicted octanol–water partition coefficient (Wildman–Crippen LogP) is 4.52. The van der Waals surface area contributed by atoms with E-state index in [4.69, 9.17) is 4.98 Å². The number of benzene rings is 2. The largest absolute Gasteiger partial charge is 0.373 e. The monoisotopic (exact) mass is 441 g/mol. The molecule has 7 nitrogen and oxygen atoms in total. The van der Waals surface area contributed by atoms with Crippen LogP contribution in [0.3, 0.4) is 0 Å². The van der Waals surface area contributed by atoms with Crippen LogP contribution in [0, 0.1) is 0 Å². The summed E-state index contributed by atoms with van der Waals surface area (Å²) >= 11 is 0. The van der Waals surface area contributed by atoms with E-state index in [9.17, 15) is 0 Å². The average Bonchev–Trinajstić information content (AvgIpc) is 3.45. The Morgan fingerprint density at radius 2 is 1.97 bits per heavy atom. The standard InChI is InChI=1S/C26H31N7/c1-19(20-8-5-4-6-9-20)29-26-27-14-13-25(30-26)33-18-28-23-16-21(11-12-24(23)33)32(3)17-22-10-7-15-31(22)2/h4-6,8-9,11-14,16,18-19,22H,7,10,15,17H2,1-3H3,(H,27,29,30)/t19-,22?/m0/s1. The minimum atomic E-state index is 0.109. The highest BCUT2D eigenvalue weighted by atomic mass is 15.2. The third-order valence-electron chi connectivity index (χ3n) is 6.66. The second-order valence-corrected chi connectivity index (χ2v) is 8.96. The lowest BCUT2D eigenvalue weighted by molar-refractivity contribution is 0.314. The number of nitrogens with zero attached hydrogens (tertiary/aromatic N) is 6. The van der Waals surface area contributed by atoms with E-state index in [1.807, 2.05) is 35.2 Å². The molecular formula is C26H31N7. The summed E-state index contributed by atoms with van der Waals surface area (Å²) < 4.78 is 2.02. The zero-order chi connectivity index (χ0) is 22.8. The SMILES string of the molecule is C[C@H](Nc1nccc(-n2cnc3cc(N(C)CC4CCCN4C)ccc32)n1)c1ccccc1. The van der Waals surface area contributed by atoms with Gasteiger partial charge in [0.25, 0.3) is 0 Å². The fourth-order valence-electron chi connectivity index (χ4n) is 4.62. The molecule has 170 valence electrons. The van der Waals surface area contributed by atoms with Crippen LogP contribution >= 0.6 is 0 Å². The first kappa shape index (κ1) is 21.4. The Bertz CT molecular complexity index is 1220. The molecule has 0 aliphatic carbocycles. The van der Waals surface area contributed by atoms with Crippen molar-refractivity contribution in [2.45, 2.75) is 31.8 Å². The zero-order valence-corrected chi connectivity index (χ0v) is 19.5. The van der Waals surface area contributed by atoms with Crippen molar-refractivity contribution in [3.05, 3.63) is 72.7 Å². The topological polar surface area (TPSA) is 62.1 Å². The van der Waals surface area contributed by atoms with E-state index in [2.05, 4.69) is 76.4 Å². The highest BCUT2D eigenvalue weighted by Crippen LogP contribution is 2.25. The van der Waals surface area contributed by atoms with Crippen molar-refractivity contribution in [3.8, 4) is 5.82 Å². The third-order valence-corrected chi connectivity index (χ3v) is 6.66. The van der Waals surface area contributed by atoms with Gasteiger partial charge in [0.1, 0.15) is 12.1 Å². The molecule has 0 amide bonds. The van der Waals surface area contributed by atoms with Gasteiger partial charge in [-0.15, -0.1) is 0 Å². The predicted molar refractivity (Wildman–Crippen MR) is 134 cm³/mol. The van der Waals surface area contributed by atoms with Crippen molar-refractivity contribution in [1.29, 1.82) is 0 Å². The fraction of sp³-hybridized carbons (Fsp3) is 0.346. The molecule has 2 atom stereocenters. The molecule has 2 aromatic heterocycles. The molecule has 2 aromatic carbocycles. The first-order valence-electron chi connectivity index (χ1n) is 11.6. The summed E-state index contributed by atoms with van der Waals surface area (Å²) in [5, 5.41) is 3.40. The highest BCUT2D eigenvalue weighted by molar-refractivity contribution is 5.81. The van der Waals surface area contributed by atoms with Gasteiger partial charge >= 0.3 is 0 Å². The molecule has 4 aromatic rings. The van der Waals surface area contributed by atoms with Crippen molar-refractivity contribution >= 4 is 22.7 Å². The van der Waals surface area contributed by atoms with Gasteiger partial charge in [-0.2, -0.15) is 4.98 Å². The Morgan fingerprint density at radius 1 is 1.12 bits per heavy atom. The molecule has 1 unspecified atom stereocenters. The molecule has 1 saturated heterocycles. The van der Waals surface area contributed by atoms with Crippen LogP contribution in [0.2, 0.25) is 0 Å². The van der Waals surface area contributed by atoms with Gasteiger partial charge in [-0.1, -0.05) is 30.3 Å². The summed E-state index contributed by atoms with van der Waals surface area (Å²) in [6, 6.07) is 19.4. The smallest absolute Gasteiger partial charge is 0.225 e. The summed E-state index contributed by atoms with van der Waals surface area (Å²) in [7, 11) is 4.39. The number of aromatic nitrogens is 4. The van der Waals surface area contributed by atoms with Crippen LogP contribution in [0.25, 0.3) is 16.9 Å². The molecule has 7 heteroatoms. The van der Waals surface area contributed by atoms with Gasteiger partial charge in [0.15, 0.2) is 0 Å². The lowest BCUT2D eigenvalue weighted by Gasteiger charge is -2.27.